The van der Waals surface area contributed by atoms with Gasteiger partial charge < -0.3 is 10.2 Å². The number of hydrogen-bond donors (Lipinski definition) is 4. The molecule has 1 rings (SSSR count). The van der Waals surface area contributed by atoms with Gasteiger partial charge in [-0.15, -0.1) is 0 Å². The Morgan fingerprint density at radius 1 is 1.33 bits per heavy atom. The van der Waals surface area contributed by atoms with E-state index in [4.69, 9.17) is 15.4 Å². The Morgan fingerprint density at radius 2 is 1.93 bits per heavy atom. The van der Waals surface area contributed by atoms with Crippen molar-refractivity contribution in [3.63, 3.8) is 0 Å². The second-order valence-electron chi connectivity index (χ2n) is 3.53. The molecule has 1 amide bonds. The van der Waals surface area contributed by atoms with Crippen LogP contribution in [0, 0.1) is 17.8 Å². The SMILES string of the molecule is O=C(CC(C(=O)O)C1CC1C(=O)O)NO. The molecule has 15 heavy (non-hydrogen) atoms. The lowest BCUT2D eigenvalue weighted by Gasteiger charge is -2.09. The van der Waals surface area contributed by atoms with Gasteiger partial charge in [-0.25, -0.2) is 5.48 Å². The molecule has 3 atom stereocenters. The number of carbonyl (C=O) groups excluding carboxylic acids is 1. The normalized spacial score (nSPS) is 25.4. The van der Waals surface area contributed by atoms with Crippen molar-refractivity contribution in [2.75, 3.05) is 0 Å². The zero-order valence-electron chi connectivity index (χ0n) is 7.71. The molecular weight excluding hydrogens is 206 g/mol. The maximum Gasteiger partial charge on any atom is 0.307 e. The molecule has 1 fully saturated rings. The largest absolute Gasteiger partial charge is 0.481 e. The first kappa shape index (κ1) is 11.4. The van der Waals surface area contributed by atoms with E-state index in [0.717, 1.165) is 0 Å². The number of amides is 1. The number of aliphatic carboxylic acids is 2. The highest BCUT2D eigenvalue weighted by molar-refractivity contribution is 5.83. The third kappa shape index (κ3) is 2.66. The van der Waals surface area contributed by atoms with Gasteiger partial charge in [-0.1, -0.05) is 0 Å². The Balaban J connectivity index is 2.57. The Bertz CT molecular complexity index is 302. The molecule has 0 aromatic rings. The Kier molecular flexibility index (Phi) is 3.25. The van der Waals surface area contributed by atoms with Gasteiger partial charge in [-0.3, -0.25) is 19.6 Å². The molecule has 0 aromatic heterocycles. The van der Waals surface area contributed by atoms with Crippen molar-refractivity contribution < 1.29 is 29.8 Å². The van der Waals surface area contributed by atoms with Crippen molar-refractivity contribution in [2.24, 2.45) is 17.8 Å². The van der Waals surface area contributed by atoms with E-state index in [0.29, 0.717) is 0 Å². The molecule has 0 saturated heterocycles. The first-order chi connectivity index (χ1) is 6.97. The van der Waals surface area contributed by atoms with Crippen LogP contribution in [0.2, 0.25) is 0 Å². The summed E-state index contributed by atoms with van der Waals surface area (Å²) in [5.74, 6) is -5.32. The maximum absolute atomic E-state index is 10.8. The molecule has 0 aromatic carbocycles. The van der Waals surface area contributed by atoms with E-state index in [1.165, 1.54) is 5.48 Å². The second-order valence-corrected chi connectivity index (χ2v) is 3.53. The van der Waals surface area contributed by atoms with Gasteiger partial charge >= 0.3 is 11.9 Å². The smallest absolute Gasteiger partial charge is 0.307 e. The van der Waals surface area contributed by atoms with Crippen LogP contribution < -0.4 is 5.48 Å². The molecule has 1 aliphatic rings. The highest BCUT2D eigenvalue weighted by atomic mass is 16.5. The molecule has 0 radical (unpaired) electrons. The van der Waals surface area contributed by atoms with Crippen LogP contribution in [0.15, 0.2) is 0 Å². The first-order valence-corrected chi connectivity index (χ1v) is 4.36. The number of hydroxylamine groups is 1. The lowest BCUT2D eigenvalue weighted by Crippen LogP contribution is -2.27. The van der Waals surface area contributed by atoms with Gasteiger partial charge in [0, 0.05) is 6.42 Å². The molecule has 0 heterocycles. The van der Waals surface area contributed by atoms with Gasteiger partial charge in [0.15, 0.2) is 0 Å². The monoisotopic (exact) mass is 217 g/mol. The minimum Gasteiger partial charge on any atom is -0.481 e. The number of nitrogens with one attached hydrogen (secondary N) is 1. The topological polar surface area (TPSA) is 124 Å². The second kappa shape index (κ2) is 4.26. The quantitative estimate of drug-likeness (QED) is 0.356. The number of carboxylic acid groups (broad SMARTS) is 2. The van der Waals surface area contributed by atoms with Gasteiger partial charge in [-0.2, -0.15) is 0 Å². The standard InChI is InChI=1S/C8H11NO6/c10-6(9-15)2-5(8(13)14)3-1-4(3)7(11)12/h3-5,15H,1-2H2,(H,9,10)(H,11,12)(H,13,14). The highest BCUT2D eigenvalue weighted by Crippen LogP contribution is 2.45. The van der Waals surface area contributed by atoms with Crippen molar-refractivity contribution in [2.45, 2.75) is 12.8 Å². The molecule has 7 heteroatoms. The summed E-state index contributed by atoms with van der Waals surface area (Å²) in [6.45, 7) is 0. The molecule has 3 unspecified atom stereocenters. The van der Waals surface area contributed by atoms with Crippen LogP contribution in [-0.2, 0) is 14.4 Å². The van der Waals surface area contributed by atoms with Crippen molar-refractivity contribution in [3.8, 4) is 0 Å². The molecular formula is C8H11NO6. The zero-order valence-corrected chi connectivity index (χ0v) is 7.71. The fourth-order valence-corrected chi connectivity index (χ4v) is 1.61. The van der Waals surface area contributed by atoms with Gasteiger partial charge in [0.1, 0.15) is 0 Å². The summed E-state index contributed by atoms with van der Waals surface area (Å²) in [6.07, 6.45) is -0.134. The molecule has 1 saturated carbocycles. The lowest BCUT2D eigenvalue weighted by molar-refractivity contribution is -0.147. The van der Waals surface area contributed by atoms with Gasteiger partial charge in [0.25, 0.3) is 0 Å². The van der Waals surface area contributed by atoms with Crippen molar-refractivity contribution >= 4 is 17.8 Å². The van der Waals surface area contributed by atoms with E-state index < -0.39 is 42.0 Å². The number of carboxylic acids is 2. The number of carbonyl (C=O) groups is 3. The van der Waals surface area contributed by atoms with Crippen LogP contribution >= 0.6 is 0 Å². The average molecular weight is 217 g/mol. The molecule has 7 nitrogen and oxygen atoms in total. The Hall–Kier alpha value is -1.63. The van der Waals surface area contributed by atoms with E-state index in [9.17, 15) is 14.4 Å². The van der Waals surface area contributed by atoms with E-state index >= 15 is 0 Å². The molecule has 0 bridgehead atoms. The molecule has 4 N–H and O–H groups in total. The van der Waals surface area contributed by atoms with E-state index in [1.807, 2.05) is 0 Å². The Labute approximate surface area is 84.7 Å². The summed E-state index contributed by atoms with van der Waals surface area (Å²) >= 11 is 0. The lowest BCUT2D eigenvalue weighted by atomic mass is 9.98. The number of rotatable bonds is 5. The average Bonchev–Trinajstić information content (AvgIpc) is 2.92. The van der Waals surface area contributed by atoms with Crippen LogP contribution in [-0.4, -0.2) is 33.3 Å². The summed E-state index contributed by atoms with van der Waals surface area (Å²) < 4.78 is 0. The summed E-state index contributed by atoms with van der Waals surface area (Å²) in [4.78, 5) is 32.0. The van der Waals surface area contributed by atoms with Crippen LogP contribution in [0.4, 0.5) is 0 Å². The number of hydrogen-bond acceptors (Lipinski definition) is 4. The summed E-state index contributed by atoms with van der Waals surface area (Å²) in [5.41, 5.74) is 1.33. The minimum absolute atomic E-state index is 0.269. The summed E-state index contributed by atoms with van der Waals surface area (Å²) in [7, 11) is 0. The molecule has 84 valence electrons. The van der Waals surface area contributed by atoms with E-state index in [-0.39, 0.29) is 6.42 Å². The van der Waals surface area contributed by atoms with Gasteiger partial charge in [0.2, 0.25) is 5.91 Å². The van der Waals surface area contributed by atoms with Gasteiger partial charge in [-0.05, 0) is 12.3 Å². The Morgan fingerprint density at radius 3 is 2.27 bits per heavy atom. The molecule has 1 aliphatic carbocycles. The van der Waals surface area contributed by atoms with E-state index in [2.05, 4.69) is 0 Å². The summed E-state index contributed by atoms with van der Waals surface area (Å²) in [6, 6.07) is 0. The molecule has 0 spiro atoms. The van der Waals surface area contributed by atoms with Crippen LogP contribution in [0.3, 0.4) is 0 Å². The molecule has 0 aliphatic heterocycles. The zero-order chi connectivity index (χ0) is 11.6. The van der Waals surface area contributed by atoms with Crippen molar-refractivity contribution in [1.29, 1.82) is 0 Å². The first-order valence-electron chi connectivity index (χ1n) is 4.36. The predicted molar refractivity (Wildman–Crippen MR) is 44.9 cm³/mol. The summed E-state index contributed by atoms with van der Waals surface area (Å²) in [5, 5.41) is 25.6. The van der Waals surface area contributed by atoms with Crippen molar-refractivity contribution in [3.05, 3.63) is 0 Å². The van der Waals surface area contributed by atoms with Gasteiger partial charge in [0.05, 0.1) is 11.8 Å². The van der Waals surface area contributed by atoms with Crippen LogP contribution in [0.1, 0.15) is 12.8 Å². The van der Waals surface area contributed by atoms with E-state index in [1.54, 1.807) is 0 Å². The third-order valence-corrected chi connectivity index (χ3v) is 2.52. The third-order valence-electron chi connectivity index (χ3n) is 2.52. The highest BCUT2D eigenvalue weighted by Gasteiger charge is 2.50. The fraction of sp³-hybridized carbons (Fsp3) is 0.625. The van der Waals surface area contributed by atoms with Crippen LogP contribution in [0.5, 0.6) is 0 Å². The maximum atomic E-state index is 10.8. The minimum atomic E-state index is -1.22. The van der Waals surface area contributed by atoms with Crippen molar-refractivity contribution in [1.82, 2.24) is 5.48 Å². The predicted octanol–water partition coefficient (Wildman–Crippen LogP) is -0.697. The van der Waals surface area contributed by atoms with Crippen LogP contribution in [0.25, 0.3) is 0 Å². The fourth-order valence-electron chi connectivity index (χ4n) is 1.61.